The fourth-order valence-electron chi connectivity index (χ4n) is 1.89. The molecule has 1 fully saturated rings. The van der Waals surface area contributed by atoms with Crippen molar-refractivity contribution in [3.63, 3.8) is 0 Å². The third kappa shape index (κ3) is 3.20. The van der Waals surface area contributed by atoms with Crippen LogP contribution in [0.1, 0.15) is 12.0 Å². The minimum absolute atomic E-state index is 0.115. The molecule has 1 aromatic carbocycles. The van der Waals surface area contributed by atoms with E-state index in [1.165, 1.54) is 0 Å². The molecule has 0 bridgehead atoms. The summed E-state index contributed by atoms with van der Waals surface area (Å²) in [5, 5.41) is 6.15. The Morgan fingerprint density at radius 1 is 1.59 bits per heavy atom. The fraction of sp³-hybridized carbons (Fsp3) is 0.417. The lowest BCUT2D eigenvalue weighted by atomic mass is 10.2. The zero-order valence-electron chi connectivity index (χ0n) is 9.63. The van der Waals surface area contributed by atoms with Crippen LogP contribution in [0.25, 0.3) is 0 Å². The maximum atomic E-state index is 11.1. The van der Waals surface area contributed by atoms with E-state index in [2.05, 4.69) is 26.6 Å². The lowest BCUT2D eigenvalue weighted by molar-refractivity contribution is -0.119. The zero-order valence-corrected chi connectivity index (χ0v) is 11.2. The van der Waals surface area contributed by atoms with Crippen LogP contribution < -0.4 is 15.4 Å². The third-order valence-corrected chi connectivity index (χ3v) is 3.29. The number of carbonyl (C=O) groups excluding carboxylic acids is 1. The van der Waals surface area contributed by atoms with E-state index in [4.69, 9.17) is 4.74 Å². The zero-order chi connectivity index (χ0) is 12.3. The molecule has 1 unspecified atom stereocenters. The summed E-state index contributed by atoms with van der Waals surface area (Å²) in [6, 6.07) is 6.12. The lowest BCUT2D eigenvalue weighted by Crippen LogP contribution is -2.30. The van der Waals surface area contributed by atoms with Crippen molar-refractivity contribution in [2.75, 3.05) is 13.7 Å². The van der Waals surface area contributed by atoms with Gasteiger partial charge in [0.2, 0.25) is 5.91 Å². The monoisotopic (exact) mass is 298 g/mol. The average Bonchev–Trinajstić information content (AvgIpc) is 2.73. The highest BCUT2D eigenvalue weighted by molar-refractivity contribution is 9.10. The quantitative estimate of drug-likeness (QED) is 0.884. The van der Waals surface area contributed by atoms with Gasteiger partial charge in [-0.3, -0.25) is 4.79 Å². The van der Waals surface area contributed by atoms with Crippen LogP contribution in [0.2, 0.25) is 0 Å². The van der Waals surface area contributed by atoms with Crippen LogP contribution in [0, 0.1) is 0 Å². The van der Waals surface area contributed by atoms with Crippen molar-refractivity contribution in [2.45, 2.75) is 19.0 Å². The third-order valence-electron chi connectivity index (χ3n) is 2.80. The molecule has 17 heavy (non-hydrogen) atoms. The van der Waals surface area contributed by atoms with Gasteiger partial charge in [0.1, 0.15) is 5.75 Å². The fourth-order valence-corrected chi connectivity index (χ4v) is 2.30. The van der Waals surface area contributed by atoms with E-state index in [1.54, 1.807) is 7.11 Å². The normalized spacial score (nSPS) is 19.2. The van der Waals surface area contributed by atoms with Crippen molar-refractivity contribution >= 4 is 21.8 Å². The van der Waals surface area contributed by atoms with Gasteiger partial charge in [-0.2, -0.15) is 0 Å². The van der Waals surface area contributed by atoms with Crippen LogP contribution in [-0.2, 0) is 11.3 Å². The van der Waals surface area contributed by atoms with Crippen LogP contribution in [-0.4, -0.2) is 25.6 Å². The van der Waals surface area contributed by atoms with E-state index >= 15 is 0 Å². The number of benzene rings is 1. The van der Waals surface area contributed by atoms with Gasteiger partial charge >= 0.3 is 0 Å². The molecule has 5 heteroatoms. The SMILES string of the molecule is COc1ccc(Br)cc1CNC1CNC(=O)C1. The number of carbonyl (C=O) groups is 1. The van der Waals surface area contributed by atoms with E-state index < -0.39 is 0 Å². The summed E-state index contributed by atoms with van der Waals surface area (Å²) in [7, 11) is 1.66. The van der Waals surface area contributed by atoms with E-state index in [1.807, 2.05) is 18.2 Å². The summed E-state index contributed by atoms with van der Waals surface area (Å²) in [6.07, 6.45) is 0.552. The van der Waals surface area contributed by atoms with Gasteiger partial charge in [-0.1, -0.05) is 15.9 Å². The molecule has 2 N–H and O–H groups in total. The summed E-state index contributed by atoms with van der Waals surface area (Å²) in [6.45, 7) is 1.40. The second-order valence-electron chi connectivity index (χ2n) is 4.04. The molecule has 92 valence electrons. The molecular weight excluding hydrogens is 284 g/mol. The number of hydrogen-bond acceptors (Lipinski definition) is 3. The lowest BCUT2D eigenvalue weighted by Gasteiger charge is -2.13. The Labute approximate surface area is 109 Å². The molecule has 0 saturated carbocycles. The van der Waals surface area contributed by atoms with Gasteiger partial charge in [-0.15, -0.1) is 0 Å². The number of methoxy groups -OCH3 is 1. The van der Waals surface area contributed by atoms with Gasteiger partial charge in [-0.25, -0.2) is 0 Å². The second kappa shape index (κ2) is 5.51. The predicted molar refractivity (Wildman–Crippen MR) is 68.9 cm³/mol. The van der Waals surface area contributed by atoms with Crippen LogP contribution in [0.4, 0.5) is 0 Å². The summed E-state index contributed by atoms with van der Waals surface area (Å²) < 4.78 is 6.32. The minimum atomic E-state index is 0.115. The highest BCUT2D eigenvalue weighted by Crippen LogP contribution is 2.23. The molecule has 1 amide bonds. The van der Waals surface area contributed by atoms with Gasteiger partial charge in [0.25, 0.3) is 0 Å². The van der Waals surface area contributed by atoms with Gasteiger partial charge in [0.05, 0.1) is 7.11 Å². The molecule has 1 aliphatic heterocycles. The van der Waals surface area contributed by atoms with E-state index in [0.717, 1.165) is 15.8 Å². The van der Waals surface area contributed by atoms with Gasteiger partial charge < -0.3 is 15.4 Å². The first-order chi connectivity index (χ1) is 8.19. The summed E-state index contributed by atoms with van der Waals surface area (Å²) in [5.41, 5.74) is 1.08. The average molecular weight is 299 g/mol. The van der Waals surface area contributed by atoms with E-state index in [0.29, 0.717) is 19.5 Å². The summed E-state index contributed by atoms with van der Waals surface area (Å²) >= 11 is 3.44. The maximum absolute atomic E-state index is 11.1. The van der Waals surface area contributed by atoms with Crippen molar-refractivity contribution in [1.82, 2.24) is 10.6 Å². The Morgan fingerprint density at radius 3 is 3.06 bits per heavy atom. The van der Waals surface area contributed by atoms with Crippen LogP contribution in [0.5, 0.6) is 5.75 Å². The summed E-state index contributed by atoms with van der Waals surface area (Å²) in [5.74, 6) is 0.974. The van der Waals surface area contributed by atoms with Crippen molar-refractivity contribution in [3.05, 3.63) is 28.2 Å². The van der Waals surface area contributed by atoms with Crippen molar-refractivity contribution < 1.29 is 9.53 Å². The molecule has 2 rings (SSSR count). The Morgan fingerprint density at radius 2 is 2.41 bits per heavy atom. The number of amides is 1. The molecule has 1 heterocycles. The van der Waals surface area contributed by atoms with Gasteiger partial charge in [0.15, 0.2) is 0 Å². The molecule has 0 aromatic heterocycles. The second-order valence-corrected chi connectivity index (χ2v) is 4.96. The first-order valence-corrected chi connectivity index (χ1v) is 6.31. The van der Waals surface area contributed by atoms with Crippen LogP contribution >= 0.6 is 15.9 Å². The number of ether oxygens (including phenoxy) is 1. The number of nitrogens with one attached hydrogen (secondary N) is 2. The van der Waals surface area contributed by atoms with Crippen LogP contribution in [0.3, 0.4) is 0 Å². The largest absolute Gasteiger partial charge is 0.496 e. The van der Waals surface area contributed by atoms with Gasteiger partial charge in [-0.05, 0) is 18.2 Å². The smallest absolute Gasteiger partial charge is 0.221 e. The Balaban J connectivity index is 1.98. The minimum Gasteiger partial charge on any atom is -0.496 e. The van der Waals surface area contributed by atoms with Crippen LogP contribution in [0.15, 0.2) is 22.7 Å². The molecule has 4 nitrogen and oxygen atoms in total. The molecular formula is C12H15BrN2O2. The number of hydrogen-bond donors (Lipinski definition) is 2. The standard InChI is InChI=1S/C12H15BrN2O2/c1-17-11-3-2-9(13)4-8(11)6-14-10-5-12(16)15-7-10/h2-4,10,14H,5-7H2,1H3,(H,15,16). The Hall–Kier alpha value is -1.07. The Bertz CT molecular complexity index is 423. The first kappa shape index (κ1) is 12.4. The maximum Gasteiger partial charge on any atom is 0.221 e. The van der Waals surface area contributed by atoms with Crippen molar-refractivity contribution in [2.24, 2.45) is 0 Å². The van der Waals surface area contributed by atoms with Crippen molar-refractivity contribution in [1.29, 1.82) is 0 Å². The highest BCUT2D eigenvalue weighted by Gasteiger charge is 2.20. The molecule has 1 saturated heterocycles. The molecule has 0 radical (unpaired) electrons. The molecule has 1 atom stereocenters. The van der Waals surface area contributed by atoms with Gasteiger partial charge in [0, 0.05) is 35.6 Å². The number of rotatable bonds is 4. The predicted octanol–water partition coefficient (Wildman–Crippen LogP) is 1.44. The first-order valence-electron chi connectivity index (χ1n) is 5.51. The van der Waals surface area contributed by atoms with E-state index in [9.17, 15) is 4.79 Å². The van der Waals surface area contributed by atoms with Crippen molar-refractivity contribution in [3.8, 4) is 5.75 Å². The Kier molecular flexibility index (Phi) is 4.02. The highest BCUT2D eigenvalue weighted by atomic mass is 79.9. The molecule has 1 aromatic rings. The number of halogens is 1. The van der Waals surface area contributed by atoms with E-state index in [-0.39, 0.29) is 11.9 Å². The molecule has 1 aliphatic rings. The molecule has 0 spiro atoms. The summed E-state index contributed by atoms with van der Waals surface area (Å²) in [4.78, 5) is 11.1. The topological polar surface area (TPSA) is 50.4 Å². The molecule has 0 aliphatic carbocycles.